The number of rotatable bonds is 7. The van der Waals surface area contributed by atoms with E-state index in [2.05, 4.69) is 26.6 Å². The minimum Gasteiger partial charge on any atom is -0.350 e. The summed E-state index contributed by atoms with van der Waals surface area (Å²) in [5, 5.41) is 6.30. The molecule has 0 aromatic heterocycles. The van der Waals surface area contributed by atoms with E-state index in [-0.39, 0.29) is 29.5 Å². The first-order chi connectivity index (χ1) is 16.7. The van der Waals surface area contributed by atoms with Gasteiger partial charge in [0.2, 0.25) is 0 Å². The van der Waals surface area contributed by atoms with Crippen LogP contribution in [0.4, 0.5) is 11.4 Å². The second-order valence-corrected chi connectivity index (χ2v) is 10.4. The maximum Gasteiger partial charge on any atom is 0.278 e. The van der Waals surface area contributed by atoms with E-state index in [9.17, 15) is 14.4 Å². The highest BCUT2D eigenvalue weighted by Gasteiger charge is 2.40. The monoisotopic (exact) mass is 569 g/mol. The molecule has 0 atom stereocenters. The summed E-state index contributed by atoms with van der Waals surface area (Å²) < 4.78 is 0.908. The van der Waals surface area contributed by atoms with Crippen LogP contribution < -0.4 is 10.6 Å². The highest BCUT2D eigenvalue weighted by molar-refractivity contribution is 9.10. The number of amides is 3. The lowest BCUT2D eigenvalue weighted by Crippen LogP contribution is -2.38. The van der Waals surface area contributed by atoms with Crippen LogP contribution in [-0.2, 0) is 9.59 Å². The predicted molar refractivity (Wildman–Crippen MR) is 143 cm³/mol. The van der Waals surface area contributed by atoms with E-state index in [4.69, 9.17) is 11.6 Å². The number of nitrogens with zero attached hydrogens (tertiary/aromatic N) is 1. The van der Waals surface area contributed by atoms with Crippen LogP contribution in [0.2, 0.25) is 5.02 Å². The molecule has 0 radical (unpaired) electrons. The van der Waals surface area contributed by atoms with Crippen LogP contribution in [0.5, 0.6) is 0 Å². The third kappa shape index (κ3) is 5.61. The van der Waals surface area contributed by atoms with Gasteiger partial charge in [-0.25, -0.2) is 0 Å². The van der Waals surface area contributed by atoms with Crippen molar-refractivity contribution in [2.75, 3.05) is 10.6 Å². The lowest BCUT2D eigenvalue weighted by Gasteiger charge is -2.19. The summed E-state index contributed by atoms with van der Waals surface area (Å²) in [4.78, 5) is 41.0. The van der Waals surface area contributed by atoms with Gasteiger partial charge in [0.15, 0.2) is 0 Å². The fourth-order valence-corrected chi connectivity index (χ4v) is 4.87. The number of hydrogen-bond donors (Lipinski definition) is 2. The van der Waals surface area contributed by atoms with Crippen molar-refractivity contribution in [3.05, 3.63) is 98.5 Å². The van der Waals surface area contributed by atoms with Crippen molar-refractivity contribution in [1.29, 1.82) is 0 Å². The Morgan fingerprint density at radius 1 is 0.914 bits per heavy atom. The van der Waals surface area contributed by atoms with Gasteiger partial charge in [-0.05, 0) is 74.5 Å². The molecule has 4 rings (SSSR count). The Kier molecular flexibility index (Phi) is 7.64. The number of halogens is 2. The third-order valence-electron chi connectivity index (χ3n) is 5.15. The highest BCUT2D eigenvalue weighted by Crippen LogP contribution is 2.37. The zero-order chi connectivity index (χ0) is 25.1. The van der Waals surface area contributed by atoms with Crippen molar-refractivity contribution >= 4 is 68.4 Å². The second kappa shape index (κ2) is 10.7. The van der Waals surface area contributed by atoms with Gasteiger partial charge in [0.25, 0.3) is 17.7 Å². The Balaban J connectivity index is 1.56. The smallest absolute Gasteiger partial charge is 0.278 e. The number of nitrogens with one attached hydrogen (secondary N) is 2. The Labute approximate surface area is 220 Å². The SMILES string of the molecule is CC(C)N1C(=O)C(Nc2ccc(Br)cc2)=C(Sc2ccc(NC(=O)c3ccccc3Cl)cc2)C1=O. The zero-order valence-electron chi connectivity index (χ0n) is 18.8. The summed E-state index contributed by atoms with van der Waals surface area (Å²) in [6, 6.07) is 20.9. The third-order valence-corrected chi connectivity index (χ3v) is 7.10. The zero-order valence-corrected chi connectivity index (χ0v) is 22.0. The molecule has 9 heteroatoms. The van der Waals surface area contributed by atoms with Gasteiger partial charge in [-0.15, -0.1) is 0 Å². The quantitative estimate of drug-likeness (QED) is 0.315. The number of hydrogen-bond acceptors (Lipinski definition) is 5. The molecule has 0 saturated heterocycles. The number of anilines is 2. The van der Waals surface area contributed by atoms with E-state index in [1.807, 2.05) is 24.3 Å². The minimum absolute atomic E-state index is 0.243. The van der Waals surface area contributed by atoms with Gasteiger partial charge in [0, 0.05) is 26.8 Å². The van der Waals surface area contributed by atoms with Crippen LogP contribution in [-0.4, -0.2) is 28.7 Å². The maximum atomic E-state index is 13.1. The molecule has 1 heterocycles. The molecule has 0 spiro atoms. The fraction of sp³-hybridized carbons (Fsp3) is 0.115. The van der Waals surface area contributed by atoms with Crippen molar-refractivity contribution in [3.8, 4) is 0 Å². The van der Waals surface area contributed by atoms with Crippen LogP contribution in [0.15, 0.2) is 92.8 Å². The van der Waals surface area contributed by atoms with Gasteiger partial charge >= 0.3 is 0 Å². The number of benzene rings is 3. The van der Waals surface area contributed by atoms with Crippen LogP contribution in [0.1, 0.15) is 24.2 Å². The van der Waals surface area contributed by atoms with Crippen molar-refractivity contribution in [2.45, 2.75) is 24.8 Å². The lowest BCUT2D eigenvalue weighted by atomic mass is 10.2. The van der Waals surface area contributed by atoms with Crippen molar-refractivity contribution in [1.82, 2.24) is 4.90 Å². The summed E-state index contributed by atoms with van der Waals surface area (Å²) in [7, 11) is 0. The van der Waals surface area contributed by atoms with Crippen LogP contribution >= 0.6 is 39.3 Å². The normalized spacial score (nSPS) is 13.6. The average molecular weight is 571 g/mol. The second-order valence-electron chi connectivity index (χ2n) is 7.97. The van der Waals surface area contributed by atoms with E-state index >= 15 is 0 Å². The van der Waals surface area contributed by atoms with Gasteiger partial charge in [-0.1, -0.05) is 51.4 Å². The maximum absolute atomic E-state index is 13.1. The molecule has 1 aliphatic heterocycles. The summed E-state index contributed by atoms with van der Waals surface area (Å²) >= 11 is 10.7. The first kappa shape index (κ1) is 25.0. The van der Waals surface area contributed by atoms with Crippen LogP contribution in [0, 0.1) is 0 Å². The molecule has 0 unspecified atom stereocenters. The first-order valence-electron chi connectivity index (χ1n) is 10.7. The molecule has 35 heavy (non-hydrogen) atoms. The predicted octanol–water partition coefficient (Wildman–Crippen LogP) is 6.55. The van der Waals surface area contributed by atoms with E-state index in [1.165, 1.54) is 16.7 Å². The molecule has 3 aromatic rings. The van der Waals surface area contributed by atoms with E-state index in [1.54, 1.807) is 62.4 Å². The molecule has 0 bridgehead atoms. The topological polar surface area (TPSA) is 78.5 Å². The van der Waals surface area contributed by atoms with Crippen LogP contribution in [0.25, 0.3) is 0 Å². The van der Waals surface area contributed by atoms with Gasteiger partial charge < -0.3 is 10.6 Å². The molecule has 0 fully saturated rings. The number of imide groups is 1. The Bertz CT molecular complexity index is 1320. The van der Waals surface area contributed by atoms with Crippen molar-refractivity contribution in [2.24, 2.45) is 0 Å². The molecule has 0 saturated carbocycles. The Morgan fingerprint density at radius 3 is 2.17 bits per heavy atom. The number of thioether (sulfide) groups is 1. The molecule has 178 valence electrons. The largest absolute Gasteiger partial charge is 0.350 e. The highest BCUT2D eigenvalue weighted by atomic mass is 79.9. The number of carbonyl (C=O) groups is 3. The molecular weight excluding hydrogens is 550 g/mol. The van der Waals surface area contributed by atoms with E-state index < -0.39 is 0 Å². The molecular formula is C26H21BrClN3O3S. The molecule has 6 nitrogen and oxygen atoms in total. The Hall–Kier alpha value is -3.07. The van der Waals surface area contributed by atoms with Gasteiger partial charge in [-0.3, -0.25) is 19.3 Å². The molecule has 2 N–H and O–H groups in total. The minimum atomic E-state index is -0.362. The van der Waals surface area contributed by atoms with Gasteiger partial charge in [-0.2, -0.15) is 0 Å². The number of carbonyl (C=O) groups excluding carboxylic acids is 3. The van der Waals surface area contributed by atoms with E-state index in [0.717, 1.165) is 9.37 Å². The summed E-state index contributed by atoms with van der Waals surface area (Å²) in [5.41, 5.74) is 1.90. The van der Waals surface area contributed by atoms with Crippen molar-refractivity contribution in [3.63, 3.8) is 0 Å². The van der Waals surface area contributed by atoms with Gasteiger partial charge in [0.05, 0.1) is 10.6 Å². The average Bonchev–Trinajstić information content (AvgIpc) is 3.05. The molecule has 0 aliphatic carbocycles. The van der Waals surface area contributed by atoms with Gasteiger partial charge in [0.1, 0.15) is 10.6 Å². The van der Waals surface area contributed by atoms with E-state index in [0.29, 0.717) is 26.9 Å². The molecule has 1 aliphatic rings. The Morgan fingerprint density at radius 2 is 1.54 bits per heavy atom. The lowest BCUT2D eigenvalue weighted by molar-refractivity contribution is -0.139. The van der Waals surface area contributed by atoms with Crippen molar-refractivity contribution < 1.29 is 14.4 Å². The van der Waals surface area contributed by atoms with Crippen LogP contribution in [0.3, 0.4) is 0 Å². The summed E-state index contributed by atoms with van der Waals surface area (Å²) in [5.74, 6) is -1.02. The standard InChI is InChI=1S/C26H21BrClN3O3S/c1-15(2)31-25(33)22(29-17-9-7-16(27)8-10-17)23(26(31)34)35-19-13-11-18(12-14-19)30-24(32)20-5-3-4-6-21(20)28/h3-15,29H,1-2H3,(H,30,32). The first-order valence-corrected chi connectivity index (χ1v) is 12.7. The fourth-order valence-electron chi connectivity index (χ4n) is 3.45. The molecule has 3 amide bonds. The summed E-state index contributed by atoms with van der Waals surface area (Å²) in [6.45, 7) is 3.61. The summed E-state index contributed by atoms with van der Waals surface area (Å²) in [6.07, 6.45) is 0. The molecule has 3 aromatic carbocycles.